The molecule has 5 N–H and O–H groups in total. The highest BCUT2D eigenvalue weighted by Crippen LogP contribution is 2.58. The van der Waals surface area contributed by atoms with Crippen molar-refractivity contribution in [1.29, 1.82) is 0 Å². The molecule has 0 radical (unpaired) electrons. The zero-order valence-corrected chi connectivity index (χ0v) is 23.4. The first kappa shape index (κ1) is 27.5. The van der Waals surface area contributed by atoms with Gasteiger partial charge in [0.05, 0.1) is 13.2 Å². The Morgan fingerprint density at radius 3 is 2.68 bits per heavy atom. The molecule has 2 aliphatic carbocycles. The molecule has 2 aromatic rings. The van der Waals surface area contributed by atoms with Crippen LogP contribution in [0.1, 0.15) is 85.3 Å². The van der Waals surface area contributed by atoms with Crippen LogP contribution in [-0.4, -0.2) is 54.8 Å². The van der Waals surface area contributed by atoms with Crippen molar-refractivity contribution in [3.05, 3.63) is 24.3 Å². The van der Waals surface area contributed by atoms with Crippen molar-refractivity contribution in [3.63, 3.8) is 0 Å². The van der Waals surface area contributed by atoms with Crippen LogP contribution < -0.4 is 10.3 Å². The zero-order chi connectivity index (χ0) is 27.2. The van der Waals surface area contributed by atoms with Gasteiger partial charge in [0, 0.05) is 0 Å². The smallest absolute Gasteiger partial charge is 0.250 e. The van der Waals surface area contributed by atoms with Gasteiger partial charge in [-0.3, -0.25) is 4.57 Å². The number of hydrogen-bond acceptors (Lipinski definition) is 7. The predicted molar refractivity (Wildman–Crippen MR) is 145 cm³/mol. The minimum Gasteiger partial charge on any atom is -0.394 e. The van der Waals surface area contributed by atoms with Crippen molar-refractivity contribution in [2.24, 2.45) is 22.7 Å². The summed E-state index contributed by atoms with van der Waals surface area (Å²) in [7, 11) is 0. The zero-order valence-electron chi connectivity index (χ0n) is 23.4. The third-order valence-corrected chi connectivity index (χ3v) is 10.1. The monoisotopic (exact) mass is 528 g/mol. The van der Waals surface area contributed by atoms with E-state index in [4.69, 9.17) is 10.5 Å². The second-order valence-electron chi connectivity index (χ2n) is 12.8. The van der Waals surface area contributed by atoms with Gasteiger partial charge in [-0.1, -0.05) is 63.6 Å². The molecule has 2 fully saturated rings. The molecular formula is C29H46N5O4+. The third kappa shape index (κ3) is 4.65. The molecule has 1 aliphatic heterocycles. The quantitative estimate of drug-likeness (QED) is 0.235. The lowest BCUT2D eigenvalue weighted by molar-refractivity contribution is -0.685. The highest BCUT2D eigenvalue weighted by Gasteiger charge is 2.48. The van der Waals surface area contributed by atoms with Gasteiger partial charge < -0.3 is 25.8 Å². The SMILES string of the molecule is C[C@@H]1CC=C2[C@@H](CCCC2(C)C)[C@]1(C)CCCCC[n+]1cnc2c(ncn2[C@@H]2O[C@H](CO)C(O)[C@@H]2O)c1N. The van der Waals surface area contributed by atoms with Crippen LogP contribution in [0.2, 0.25) is 0 Å². The molecule has 1 unspecified atom stereocenters. The lowest BCUT2D eigenvalue weighted by atomic mass is 9.52. The second kappa shape index (κ2) is 10.5. The maximum atomic E-state index is 10.4. The number of imidazole rings is 1. The van der Waals surface area contributed by atoms with Gasteiger partial charge in [-0.25, -0.2) is 9.55 Å². The number of unbranched alkanes of at least 4 members (excludes halogenated alkanes) is 2. The normalized spacial score (nSPS) is 34.9. The van der Waals surface area contributed by atoms with E-state index in [1.807, 2.05) is 4.57 Å². The fourth-order valence-electron chi connectivity index (χ4n) is 7.39. The molecular weight excluding hydrogens is 482 g/mol. The van der Waals surface area contributed by atoms with E-state index >= 15 is 0 Å². The van der Waals surface area contributed by atoms with E-state index in [2.05, 4.69) is 43.7 Å². The number of aliphatic hydroxyl groups is 3. The largest absolute Gasteiger partial charge is 0.394 e. The molecule has 0 bridgehead atoms. The lowest BCUT2D eigenvalue weighted by Crippen LogP contribution is -2.43. The molecule has 9 heteroatoms. The van der Waals surface area contributed by atoms with E-state index in [-0.39, 0.29) is 6.61 Å². The van der Waals surface area contributed by atoms with Crippen LogP contribution in [0.4, 0.5) is 5.82 Å². The molecule has 9 nitrogen and oxygen atoms in total. The molecule has 0 amide bonds. The van der Waals surface area contributed by atoms with Crippen molar-refractivity contribution in [1.82, 2.24) is 14.5 Å². The molecule has 38 heavy (non-hydrogen) atoms. The minimum atomic E-state index is -1.19. The van der Waals surface area contributed by atoms with E-state index in [0.717, 1.165) is 25.3 Å². The van der Waals surface area contributed by atoms with Crippen molar-refractivity contribution >= 4 is 17.0 Å². The molecule has 3 aliphatic rings. The average Bonchev–Trinajstić information content (AvgIpc) is 3.43. The lowest BCUT2D eigenvalue weighted by Gasteiger charge is -2.53. The van der Waals surface area contributed by atoms with Crippen LogP contribution >= 0.6 is 0 Å². The summed E-state index contributed by atoms with van der Waals surface area (Å²) < 4.78 is 9.15. The van der Waals surface area contributed by atoms with Crippen molar-refractivity contribution in [2.45, 2.75) is 110 Å². The standard InChI is InChI=1S/C29H45N5O4/c1-18-10-11-19-20(9-8-12-28(19,2)3)29(18,4)13-6-5-7-14-33-16-32-26-22(25(33)30)31-17-34(26)27-24(37)23(36)21(15-35)38-27/h11,16-18,20-21,23-24,27,30,35-37H,5-10,12-15H2,1-4H3/p+1/t18-,20-,21-,23?,24+,27-,29-/m1/s1. The summed E-state index contributed by atoms with van der Waals surface area (Å²) >= 11 is 0. The van der Waals surface area contributed by atoms with Crippen LogP contribution in [0.15, 0.2) is 24.3 Å². The average molecular weight is 529 g/mol. The summed E-state index contributed by atoms with van der Waals surface area (Å²) in [6.45, 7) is 10.3. The number of hydrogen-bond donors (Lipinski definition) is 4. The molecule has 0 spiro atoms. The van der Waals surface area contributed by atoms with Gasteiger partial charge in [0.15, 0.2) is 11.7 Å². The van der Waals surface area contributed by atoms with Gasteiger partial charge in [0.2, 0.25) is 12.0 Å². The van der Waals surface area contributed by atoms with Crippen molar-refractivity contribution in [2.75, 3.05) is 12.3 Å². The number of ether oxygens (including phenoxy) is 1. The summed E-state index contributed by atoms with van der Waals surface area (Å²) in [6, 6.07) is 0. The molecule has 210 valence electrons. The van der Waals surface area contributed by atoms with Crippen LogP contribution in [0.5, 0.6) is 0 Å². The molecule has 3 heterocycles. The summed E-state index contributed by atoms with van der Waals surface area (Å²) in [5, 5.41) is 29.9. The first-order valence-corrected chi connectivity index (χ1v) is 14.4. The molecule has 5 rings (SSSR count). The van der Waals surface area contributed by atoms with Crippen LogP contribution in [0.25, 0.3) is 11.2 Å². The van der Waals surface area contributed by atoms with Gasteiger partial charge >= 0.3 is 0 Å². The summed E-state index contributed by atoms with van der Waals surface area (Å²) in [5.41, 5.74) is 9.92. The van der Waals surface area contributed by atoms with Crippen molar-refractivity contribution < 1.29 is 24.6 Å². The summed E-state index contributed by atoms with van der Waals surface area (Å²) in [4.78, 5) is 8.97. The number of allylic oxidation sites excluding steroid dienone is 2. The third-order valence-electron chi connectivity index (χ3n) is 10.1. The Labute approximate surface area is 225 Å². The number of fused-ring (bicyclic) bond motifs is 2. The first-order valence-electron chi connectivity index (χ1n) is 14.4. The summed E-state index contributed by atoms with van der Waals surface area (Å²) in [6.07, 6.45) is 11.5. The van der Waals surface area contributed by atoms with Gasteiger partial charge in [-0.05, 0) is 54.8 Å². The number of anilines is 1. The molecule has 1 saturated heterocycles. The Balaban J connectivity index is 1.20. The highest BCUT2D eigenvalue weighted by atomic mass is 16.6. The van der Waals surface area contributed by atoms with Crippen LogP contribution in [0.3, 0.4) is 0 Å². The van der Waals surface area contributed by atoms with Gasteiger partial charge in [-0.2, -0.15) is 0 Å². The van der Waals surface area contributed by atoms with Gasteiger partial charge in [0.1, 0.15) is 24.6 Å². The predicted octanol–water partition coefficient (Wildman–Crippen LogP) is 3.27. The number of aryl methyl sites for hydroxylation is 1. The minimum absolute atomic E-state index is 0.347. The second-order valence-corrected chi connectivity index (χ2v) is 12.8. The number of aromatic nitrogens is 4. The summed E-state index contributed by atoms with van der Waals surface area (Å²) in [5.74, 6) is 1.96. The topological polar surface area (TPSA) is 131 Å². The highest BCUT2D eigenvalue weighted by molar-refractivity contribution is 5.79. The van der Waals surface area contributed by atoms with Crippen LogP contribution in [-0.2, 0) is 11.3 Å². The number of aliphatic hydroxyl groups excluding tert-OH is 3. The number of nitrogen functional groups attached to an aromatic ring is 1. The molecule has 1 saturated carbocycles. The Bertz CT molecular complexity index is 1180. The van der Waals surface area contributed by atoms with E-state index < -0.39 is 24.5 Å². The molecule has 2 aromatic heterocycles. The van der Waals surface area contributed by atoms with Crippen LogP contribution in [0, 0.1) is 22.7 Å². The fraction of sp³-hybridized carbons (Fsp3) is 0.759. The van der Waals surface area contributed by atoms with E-state index in [1.54, 1.807) is 16.5 Å². The van der Waals surface area contributed by atoms with E-state index in [1.165, 1.54) is 44.9 Å². The number of rotatable bonds is 8. The molecule has 0 aromatic carbocycles. The van der Waals surface area contributed by atoms with Crippen molar-refractivity contribution in [3.8, 4) is 0 Å². The fourth-order valence-corrected chi connectivity index (χ4v) is 7.39. The van der Waals surface area contributed by atoms with E-state index in [0.29, 0.717) is 33.7 Å². The van der Waals surface area contributed by atoms with E-state index in [9.17, 15) is 15.3 Å². The first-order chi connectivity index (χ1) is 18.1. The number of nitrogens with zero attached hydrogens (tertiary/aromatic N) is 4. The Hall–Kier alpha value is -2.07. The van der Waals surface area contributed by atoms with Gasteiger partial charge in [0.25, 0.3) is 5.82 Å². The Kier molecular flexibility index (Phi) is 7.59. The van der Waals surface area contributed by atoms with Gasteiger partial charge in [-0.15, -0.1) is 0 Å². The molecule has 7 atom stereocenters. The number of nitrogens with two attached hydrogens (primary N) is 1. The Morgan fingerprint density at radius 2 is 1.95 bits per heavy atom. The maximum Gasteiger partial charge on any atom is 0.250 e. The Morgan fingerprint density at radius 1 is 1.16 bits per heavy atom. The maximum absolute atomic E-state index is 10.4.